The van der Waals surface area contributed by atoms with Crippen LogP contribution in [0.5, 0.6) is 0 Å². The molecule has 3 rings (SSSR count). The van der Waals surface area contributed by atoms with Gasteiger partial charge in [-0.2, -0.15) is 0 Å². The number of pyridine rings is 1. The van der Waals surface area contributed by atoms with E-state index in [4.69, 9.17) is 69.6 Å². The molecule has 2 aromatic carbocycles. The van der Waals surface area contributed by atoms with Crippen molar-refractivity contribution in [3.05, 3.63) is 72.7 Å². The molecular weight excluding hydrogens is 431 g/mol. The Bertz CT molecular complexity index is 862. The molecule has 1 heterocycles. The molecule has 0 N–H and O–H groups in total. The Kier molecular flexibility index (Phi) is 5.51. The van der Waals surface area contributed by atoms with Crippen molar-refractivity contribution in [2.24, 2.45) is 0 Å². The summed E-state index contributed by atoms with van der Waals surface area (Å²) in [6.45, 7) is 0. The van der Waals surface area contributed by atoms with Gasteiger partial charge in [-0.1, -0.05) is 75.7 Å². The molecule has 0 saturated heterocycles. The molecule has 0 spiro atoms. The first-order valence-electron chi connectivity index (χ1n) is 6.63. The second kappa shape index (κ2) is 7.29. The topological polar surface area (TPSA) is 12.9 Å². The van der Waals surface area contributed by atoms with Crippen LogP contribution < -0.4 is 0 Å². The Balaban J connectivity index is 2.32. The highest BCUT2D eigenvalue weighted by Crippen LogP contribution is 2.43. The summed E-state index contributed by atoms with van der Waals surface area (Å²) in [5, 5.41) is 2.33. The number of benzene rings is 2. The lowest BCUT2D eigenvalue weighted by atomic mass is 9.99. The van der Waals surface area contributed by atoms with Crippen LogP contribution in [0.4, 0.5) is 0 Å². The number of hydrogen-bond donors (Lipinski definition) is 0. The first kappa shape index (κ1) is 18.1. The number of halogens is 6. The average Bonchev–Trinajstić information content (AvgIpc) is 2.54. The van der Waals surface area contributed by atoms with Gasteiger partial charge in [-0.05, 0) is 30.3 Å². The molecular formula is C17H7Cl6N. The summed E-state index contributed by atoms with van der Waals surface area (Å²) in [6.07, 6.45) is 1.64. The van der Waals surface area contributed by atoms with Crippen molar-refractivity contribution in [2.45, 2.75) is 0 Å². The number of aromatic nitrogens is 1. The zero-order valence-corrected chi connectivity index (χ0v) is 16.3. The maximum absolute atomic E-state index is 6.36. The molecule has 1 aromatic heterocycles. The zero-order valence-electron chi connectivity index (χ0n) is 11.8. The van der Waals surface area contributed by atoms with Crippen molar-refractivity contribution < 1.29 is 0 Å². The van der Waals surface area contributed by atoms with E-state index in [0.717, 1.165) is 0 Å². The third kappa shape index (κ3) is 3.48. The minimum atomic E-state index is 0.339. The molecule has 7 heteroatoms. The third-order valence-electron chi connectivity index (χ3n) is 3.34. The Hall–Kier alpha value is -0.670. The van der Waals surface area contributed by atoms with Crippen LogP contribution in [0.3, 0.4) is 0 Å². The maximum atomic E-state index is 6.36. The van der Waals surface area contributed by atoms with E-state index in [0.29, 0.717) is 52.5 Å². The second-order valence-corrected chi connectivity index (χ2v) is 7.34. The summed E-state index contributed by atoms with van der Waals surface area (Å²) in [5.41, 5.74) is 2.53. The molecule has 0 fully saturated rings. The summed E-state index contributed by atoms with van der Waals surface area (Å²) >= 11 is 37.2. The van der Waals surface area contributed by atoms with Crippen molar-refractivity contribution in [1.82, 2.24) is 4.98 Å². The molecule has 0 aliphatic heterocycles. The van der Waals surface area contributed by atoms with Crippen molar-refractivity contribution in [3.8, 4) is 22.4 Å². The molecule has 24 heavy (non-hydrogen) atoms. The van der Waals surface area contributed by atoms with Crippen LogP contribution in [0.25, 0.3) is 22.4 Å². The van der Waals surface area contributed by atoms with Crippen LogP contribution >= 0.6 is 69.6 Å². The summed E-state index contributed by atoms with van der Waals surface area (Å²) < 4.78 is 0. The van der Waals surface area contributed by atoms with Gasteiger partial charge in [0.1, 0.15) is 0 Å². The Morgan fingerprint density at radius 2 is 1.17 bits per heavy atom. The molecule has 0 radical (unpaired) electrons. The van der Waals surface area contributed by atoms with Crippen LogP contribution in [0, 0.1) is 0 Å². The minimum absolute atomic E-state index is 0.339. The van der Waals surface area contributed by atoms with Gasteiger partial charge < -0.3 is 0 Å². The second-order valence-electron chi connectivity index (χ2n) is 4.90. The summed E-state index contributed by atoms with van der Waals surface area (Å²) in [7, 11) is 0. The van der Waals surface area contributed by atoms with E-state index in [9.17, 15) is 0 Å². The highest BCUT2D eigenvalue weighted by Gasteiger charge is 2.18. The lowest BCUT2D eigenvalue weighted by molar-refractivity contribution is 1.32. The molecule has 0 aliphatic rings. The van der Waals surface area contributed by atoms with Crippen molar-refractivity contribution in [2.75, 3.05) is 0 Å². The van der Waals surface area contributed by atoms with Gasteiger partial charge in [0.05, 0.1) is 25.8 Å². The predicted octanol–water partition coefficient (Wildman–Crippen LogP) is 8.34. The summed E-state index contributed by atoms with van der Waals surface area (Å²) in [4.78, 5) is 4.42. The Morgan fingerprint density at radius 3 is 1.79 bits per heavy atom. The highest BCUT2D eigenvalue weighted by molar-refractivity contribution is 6.46. The molecule has 0 atom stereocenters. The predicted molar refractivity (Wildman–Crippen MR) is 105 cm³/mol. The fraction of sp³-hybridized carbons (Fsp3) is 0. The van der Waals surface area contributed by atoms with E-state index in [-0.39, 0.29) is 0 Å². The van der Waals surface area contributed by atoms with Crippen molar-refractivity contribution >= 4 is 69.6 Å². The molecule has 0 saturated carbocycles. The number of hydrogen-bond acceptors (Lipinski definition) is 1. The fourth-order valence-corrected chi connectivity index (χ4v) is 3.71. The van der Waals surface area contributed by atoms with Crippen LogP contribution in [0.15, 0.2) is 42.6 Å². The zero-order chi connectivity index (χ0) is 17.4. The van der Waals surface area contributed by atoms with Gasteiger partial charge in [0, 0.05) is 32.9 Å². The quantitative estimate of drug-likeness (QED) is 0.367. The van der Waals surface area contributed by atoms with Gasteiger partial charge in [-0.3, -0.25) is 4.98 Å². The lowest BCUT2D eigenvalue weighted by Crippen LogP contribution is -1.92. The molecule has 0 unspecified atom stereocenters. The Morgan fingerprint density at radius 1 is 0.625 bits per heavy atom. The average molecular weight is 438 g/mol. The maximum Gasteiger partial charge on any atom is 0.0796 e. The van der Waals surface area contributed by atoms with Gasteiger partial charge in [0.2, 0.25) is 0 Å². The van der Waals surface area contributed by atoms with E-state index in [2.05, 4.69) is 4.98 Å². The van der Waals surface area contributed by atoms with Gasteiger partial charge in [-0.15, -0.1) is 0 Å². The molecule has 0 bridgehead atoms. The van der Waals surface area contributed by atoms with E-state index in [1.165, 1.54) is 0 Å². The van der Waals surface area contributed by atoms with Gasteiger partial charge in [0.25, 0.3) is 0 Å². The van der Waals surface area contributed by atoms with Crippen molar-refractivity contribution in [3.63, 3.8) is 0 Å². The first-order valence-corrected chi connectivity index (χ1v) is 8.90. The van der Waals surface area contributed by atoms with Gasteiger partial charge in [-0.25, -0.2) is 0 Å². The van der Waals surface area contributed by atoms with Crippen LogP contribution in [0.2, 0.25) is 30.1 Å². The van der Waals surface area contributed by atoms with E-state index in [1.807, 2.05) is 6.07 Å². The largest absolute Gasteiger partial charge is 0.256 e. The standard InChI is InChI=1S/C17H7Cl6N/c18-8-4-11(15(22)13(20)6-8)10-2-1-3-24-17(10)12-5-9(19)7-14(21)16(12)23/h1-7H. The molecule has 122 valence electrons. The van der Waals surface area contributed by atoms with E-state index < -0.39 is 0 Å². The number of rotatable bonds is 2. The van der Waals surface area contributed by atoms with Gasteiger partial charge >= 0.3 is 0 Å². The van der Waals surface area contributed by atoms with Crippen LogP contribution in [-0.2, 0) is 0 Å². The number of nitrogens with zero attached hydrogens (tertiary/aromatic N) is 1. The van der Waals surface area contributed by atoms with E-state index >= 15 is 0 Å². The third-order valence-corrected chi connectivity index (χ3v) is 5.38. The van der Waals surface area contributed by atoms with Crippen molar-refractivity contribution in [1.29, 1.82) is 0 Å². The van der Waals surface area contributed by atoms with Gasteiger partial charge in [0.15, 0.2) is 0 Å². The fourth-order valence-electron chi connectivity index (χ4n) is 2.32. The monoisotopic (exact) mass is 435 g/mol. The molecule has 1 nitrogen and oxygen atoms in total. The first-order chi connectivity index (χ1) is 11.4. The highest BCUT2D eigenvalue weighted by atomic mass is 35.5. The molecule has 3 aromatic rings. The normalized spacial score (nSPS) is 10.9. The minimum Gasteiger partial charge on any atom is -0.256 e. The summed E-state index contributed by atoms with van der Waals surface area (Å²) in [6, 6.07) is 10.2. The smallest absolute Gasteiger partial charge is 0.0796 e. The summed E-state index contributed by atoms with van der Waals surface area (Å²) in [5.74, 6) is 0. The molecule has 0 aliphatic carbocycles. The SMILES string of the molecule is Clc1cc(Cl)c(Cl)c(-c2cccnc2-c2cc(Cl)cc(Cl)c2Cl)c1. The van der Waals surface area contributed by atoms with Crippen LogP contribution in [-0.4, -0.2) is 4.98 Å². The van der Waals surface area contributed by atoms with E-state index in [1.54, 1.807) is 36.5 Å². The molecule has 0 amide bonds. The lowest BCUT2D eigenvalue weighted by Gasteiger charge is -2.14. The Labute approximate surface area is 169 Å². The van der Waals surface area contributed by atoms with Crippen LogP contribution in [0.1, 0.15) is 0 Å².